The summed E-state index contributed by atoms with van der Waals surface area (Å²) in [6, 6.07) is 3.46. The lowest BCUT2D eigenvalue weighted by Crippen LogP contribution is -2.46. The van der Waals surface area contributed by atoms with E-state index in [0.29, 0.717) is 41.1 Å². The van der Waals surface area contributed by atoms with Crippen molar-refractivity contribution in [3.05, 3.63) is 17.8 Å². The highest BCUT2D eigenvalue weighted by atomic mass is 16.5. The summed E-state index contributed by atoms with van der Waals surface area (Å²) in [5, 5.41) is 3.54. The Labute approximate surface area is 182 Å². The molecule has 0 aliphatic carbocycles. The van der Waals surface area contributed by atoms with Gasteiger partial charge in [0.25, 0.3) is 0 Å². The molecule has 31 heavy (non-hydrogen) atoms. The highest BCUT2D eigenvalue weighted by Crippen LogP contribution is 2.37. The minimum absolute atomic E-state index is 0.137. The van der Waals surface area contributed by atoms with Gasteiger partial charge in [0.05, 0.1) is 44.2 Å². The van der Waals surface area contributed by atoms with Crippen molar-refractivity contribution in [2.75, 3.05) is 45.8 Å². The standard InChI is InChI=1S/C22H31N3O6/c1-6-30-22(27)21-20(15-9-17(28-4)18(29-5)10-16(15)23-21)24-19(26)7-8-25-11-13(2)31-14(3)12-25/h9-10,13-14,23H,6-8,11-12H2,1-5H3,(H,24,26)/t13-,14-/m0/s1. The van der Waals surface area contributed by atoms with E-state index in [0.717, 1.165) is 13.1 Å². The second kappa shape index (κ2) is 10.0. The van der Waals surface area contributed by atoms with Gasteiger partial charge in [-0.1, -0.05) is 0 Å². The van der Waals surface area contributed by atoms with Gasteiger partial charge < -0.3 is 29.2 Å². The lowest BCUT2D eigenvalue weighted by Gasteiger charge is -2.35. The van der Waals surface area contributed by atoms with Crippen molar-refractivity contribution in [3.63, 3.8) is 0 Å². The minimum atomic E-state index is -0.539. The van der Waals surface area contributed by atoms with Gasteiger partial charge in [0.15, 0.2) is 11.5 Å². The van der Waals surface area contributed by atoms with Crippen LogP contribution in [-0.2, 0) is 14.3 Å². The van der Waals surface area contributed by atoms with E-state index in [1.54, 1.807) is 19.1 Å². The van der Waals surface area contributed by atoms with E-state index in [9.17, 15) is 9.59 Å². The third-order valence-electron chi connectivity index (χ3n) is 5.20. The van der Waals surface area contributed by atoms with Crippen molar-refractivity contribution in [2.45, 2.75) is 39.4 Å². The van der Waals surface area contributed by atoms with Gasteiger partial charge in [-0.25, -0.2) is 4.79 Å². The number of fused-ring (bicyclic) bond motifs is 1. The molecule has 9 nitrogen and oxygen atoms in total. The van der Waals surface area contributed by atoms with E-state index < -0.39 is 5.97 Å². The van der Waals surface area contributed by atoms with Crippen LogP contribution in [0.2, 0.25) is 0 Å². The van der Waals surface area contributed by atoms with Crippen LogP contribution in [0.1, 0.15) is 37.7 Å². The number of anilines is 1. The molecule has 0 radical (unpaired) electrons. The van der Waals surface area contributed by atoms with Gasteiger partial charge in [0, 0.05) is 37.5 Å². The van der Waals surface area contributed by atoms with Crippen LogP contribution >= 0.6 is 0 Å². The molecule has 2 atom stereocenters. The number of H-pyrrole nitrogens is 1. The van der Waals surface area contributed by atoms with Crippen molar-refractivity contribution in [1.29, 1.82) is 0 Å². The lowest BCUT2D eigenvalue weighted by atomic mass is 10.2. The zero-order chi connectivity index (χ0) is 22.5. The fourth-order valence-corrected chi connectivity index (χ4v) is 3.94. The molecule has 2 heterocycles. The highest BCUT2D eigenvalue weighted by Gasteiger charge is 2.25. The van der Waals surface area contributed by atoms with Crippen LogP contribution in [0.3, 0.4) is 0 Å². The molecule has 1 saturated heterocycles. The first-order valence-corrected chi connectivity index (χ1v) is 10.5. The van der Waals surface area contributed by atoms with Gasteiger partial charge in [-0.15, -0.1) is 0 Å². The molecule has 3 rings (SSSR count). The molecule has 0 saturated carbocycles. The number of aromatic nitrogens is 1. The van der Waals surface area contributed by atoms with E-state index >= 15 is 0 Å². The molecule has 0 spiro atoms. The second-order valence-corrected chi connectivity index (χ2v) is 7.66. The molecule has 0 bridgehead atoms. The van der Waals surface area contributed by atoms with Gasteiger partial charge in [0.2, 0.25) is 5.91 Å². The zero-order valence-corrected chi connectivity index (χ0v) is 18.7. The molecule has 9 heteroatoms. The fourth-order valence-electron chi connectivity index (χ4n) is 3.94. The van der Waals surface area contributed by atoms with Crippen LogP contribution in [0.5, 0.6) is 11.5 Å². The number of nitrogens with one attached hydrogen (secondary N) is 2. The fraction of sp³-hybridized carbons (Fsp3) is 0.545. The smallest absolute Gasteiger partial charge is 0.356 e. The van der Waals surface area contributed by atoms with Gasteiger partial charge in [-0.3, -0.25) is 9.69 Å². The monoisotopic (exact) mass is 433 g/mol. The number of nitrogens with zero attached hydrogens (tertiary/aromatic N) is 1. The Morgan fingerprint density at radius 2 is 1.81 bits per heavy atom. The van der Waals surface area contributed by atoms with E-state index in [1.165, 1.54) is 14.2 Å². The minimum Gasteiger partial charge on any atom is -0.493 e. The lowest BCUT2D eigenvalue weighted by molar-refractivity contribution is -0.117. The first kappa shape index (κ1) is 22.9. The third kappa shape index (κ3) is 5.29. The second-order valence-electron chi connectivity index (χ2n) is 7.66. The van der Waals surface area contributed by atoms with E-state index in [4.69, 9.17) is 18.9 Å². The Morgan fingerprint density at radius 3 is 2.42 bits per heavy atom. The van der Waals surface area contributed by atoms with Crippen LogP contribution in [0, 0.1) is 0 Å². The summed E-state index contributed by atoms with van der Waals surface area (Å²) in [6.07, 6.45) is 0.568. The molecule has 1 aromatic heterocycles. The maximum absolute atomic E-state index is 12.8. The molecule has 1 fully saturated rings. The summed E-state index contributed by atoms with van der Waals surface area (Å²) >= 11 is 0. The summed E-state index contributed by atoms with van der Waals surface area (Å²) in [5.74, 6) is 0.284. The maximum Gasteiger partial charge on any atom is 0.356 e. The number of rotatable bonds is 8. The van der Waals surface area contributed by atoms with Crippen molar-refractivity contribution >= 4 is 28.5 Å². The topological polar surface area (TPSA) is 102 Å². The van der Waals surface area contributed by atoms with Crippen LogP contribution < -0.4 is 14.8 Å². The van der Waals surface area contributed by atoms with Crippen molar-refractivity contribution in [2.24, 2.45) is 0 Å². The molecule has 0 unspecified atom stereocenters. The first-order valence-electron chi connectivity index (χ1n) is 10.5. The predicted octanol–water partition coefficient (Wildman–Crippen LogP) is 2.80. The number of aromatic amines is 1. The number of benzene rings is 1. The third-order valence-corrected chi connectivity index (χ3v) is 5.20. The van der Waals surface area contributed by atoms with E-state index in [2.05, 4.69) is 15.2 Å². The van der Waals surface area contributed by atoms with Gasteiger partial charge in [0.1, 0.15) is 5.69 Å². The summed E-state index contributed by atoms with van der Waals surface area (Å²) in [6.45, 7) is 8.20. The largest absolute Gasteiger partial charge is 0.493 e. The molecule has 1 aromatic carbocycles. The van der Waals surface area contributed by atoms with Gasteiger partial charge >= 0.3 is 5.97 Å². The number of esters is 1. The number of hydrogen-bond donors (Lipinski definition) is 2. The molecule has 2 N–H and O–H groups in total. The van der Waals surface area contributed by atoms with Crippen molar-refractivity contribution in [1.82, 2.24) is 9.88 Å². The predicted molar refractivity (Wildman–Crippen MR) is 117 cm³/mol. The van der Waals surface area contributed by atoms with Crippen LogP contribution in [0.4, 0.5) is 5.69 Å². The summed E-state index contributed by atoms with van der Waals surface area (Å²) < 4.78 is 21.6. The Kier molecular flexibility index (Phi) is 7.40. The van der Waals surface area contributed by atoms with Gasteiger partial charge in [-0.05, 0) is 26.8 Å². The quantitative estimate of drug-likeness (QED) is 0.617. The molecule has 1 aliphatic heterocycles. The molecule has 2 aromatic rings. The normalized spacial score (nSPS) is 19.3. The first-order chi connectivity index (χ1) is 14.9. The number of morpholine rings is 1. The molecule has 1 aliphatic rings. The highest BCUT2D eigenvalue weighted by molar-refractivity contribution is 6.11. The number of ether oxygens (including phenoxy) is 4. The molecular formula is C22H31N3O6. The summed E-state index contributed by atoms with van der Waals surface area (Å²) in [5.41, 5.74) is 1.20. The molecular weight excluding hydrogens is 402 g/mol. The number of carbonyl (C=O) groups excluding carboxylic acids is 2. The Hall–Kier alpha value is -2.78. The number of amides is 1. The van der Waals surface area contributed by atoms with Crippen molar-refractivity contribution < 1.29 is 28.5 Å². The summed E-state index contributed by atoms with van der Waals surface area (Å²) in [4.78, 5) is 30.6. The average molecular weight is 434 g/mol. The van der Waals surface area contributed by atoms with Crippen LogP contribution in [0.15, 0.2) is 12.1 Å². The van der Waals surface area contributed by atoms with E-state index in [1.807, 2.05) is 13.8 Å². The molecule has 1 amide bonds. The number of methoxy groups -OCH3 is 2. The van der Waals surface area contributed by atoms with Crippen molar-refractivity contribution in [3.8, 4) is 11.5 Å². The maximum atomic E-state index is 12.8. The van der Waals surface area contributed by atoms with Crippen LogP contribution in [-0.4, -0.2) is 74.4 Å². The Balaban J connectivity index is 1.83. The summed E-state index contributed by atoms with van der Waals surface area (Å²) in [7, 11) is 3.07. The Bertz CT molecular complexity index is 931. The number of carbonyl (C=O) groups is 2. The Morgan fingerprint density at radius 1 is 1.16 bits per heavy atom. The SMILES string of the molecule is CCOC(=O)c1[nH]c2cc(OC)c(OC)cc2c1NC(=O)CCN1C[C@H](C)O[C@@H](C)C1. The molecule has 170 valence electrons. The average Bonchev–Trinajstić information content (AvgIpc) is 3.08. The van der Waals surface area contributed by atoms with Crippen LogP contribution in [0.25, 0.3) is 10.9 Å². The number of hydrogen-bond acceptors (Lipinski definition) is 7. The van der Waals surface area contributed by atoms with E-state index in [-0.39, 0.29) is 30.4 Å². The zero-order valence-electron chi connectivity index (χ0n) is 18.7. The van der Waals surface area contributed by atoms with Gasteiger partial charge in [-0.2, -0.15) is 0 Å².